The third-order valence-electron chi connectivity index (χ3n) is 6.69. The zero-order valence-corrected chi connectivity index (χ0v) is 22.4. The van der Waals surface area contributed by atoms with Gasteiger partial charge in [-0.1, -0.05) is 36.4 Å². The second kappa shape index (κ2) is 13.8. The highest BCUT2D eigenvalue weighted by Gasteiger charge is 2.16. The van der Waals surface area contributed by atoms with Crippen LogP contribution in [-0.2, 0) is 6.54 Å². The molecular weight excluding hydrogens is 505 g/mol. The third kappa shape index (κ3) is 7.09. The van der Waals surface area contributed by atoms with Crippen molar-refractivity contribution < 1.29 is 14.2 Å². The molecule has 0 aliphatic carbocycles. The Kier molecular flexibility index (Phi) is 9.47. The smallest absolute Gasteiger partial charge is 0.164 e. The topological polar surface area (TPSA) is 75.4 Å². The highest BCUT2D eigenvalue weighted by Crippen LogP contribution is 2.29. The van der Waals surface area contributed by atoms with E-state index in [-0.39, 0.29) is 12.4 Å². The van der Waals surface area contributed by atoms with Crippen molar-refractivity contribution in [1.82, 2.24) is 24.8 Å². The van der Waals surface area contributed by atoms with E-state index in [2.05, 4.69) is 32.3 Å². The number of nitrogens with zero attached hydrogens (tertiary/aromatic N) is 4. The van der Waals surface area contributed by atoms with Gasteiger partial charge in [-0.25, -0.2) is 9.37 Å². The lowest BCUT2D eigenvalue weighted by atomic mass is 10.2. The van der Waals surface area contributed by atoms with Gasteiger partial charge in [0, 0.05) is 50.7 Å². The first-order valence-electron chi connectivity index (χ1n) is 13.6. The highest BCUT2D eigenvalue weighted by atomic mass is 19.1. The van der Waals surface area contributed by atoms with E-state index in [1.165, 1.54) is 17.7 Å². The minimum atomic E-state index is -0.325. The van der Waals surface area contributed by atoms with Crippen molar-refractivity contribution in [3.05, 3.63) is 109 Å². The van der Waals surface area contributed by atoms with Gasteiger partial charge in [-0.05, 0) is 60.5 Å². The van der Waals surface area contributed by atoms with E-state index in [0.717, 1.165) is 49.6 Å². The van der Waals surface area contributed by atoms with Crippen LogP contribution in [0.3, 0.4) is 0 Å². The maximum Gasteiger partial charge on any atom is 0.164 e. The van der Waals surface area contributed by atoms with Crippen molar-refractivity contribution in [2.24, 2.45) is 0 Å². The van der Waals surface area contributed by atoms with Crippen molar-refractivity contribution in [2.45, 2.75) is 13.0 Å². The molecule has 2 aromatic heterocycles. The van der Waals surface area contributed by atoms with Gasteiger partial charge in [0.1, 0.15) is 17.3 Å². The first-order valence-corrected chi connectivity index (χ1v) is 13.6. The molecule has 0 amide bonds. The molecule has 0 bridgehead atoms. The van der Waals surface area contributed by atoms with Crippen LogP contribution in [0.2, 0.25) is 0 Å². The minimum absolute atomic E-state index is 0.136. The van der Waals surface area contributed by atoms with Crippen molar-refractivity contribution in [3.8, 4) is 23.0 Å². The Morgan fingerprint density at radius 1 is 0.900 bits per heavy atom. The molecule has 0 radical (unpaired) electrons. The molecule has 5 aromatic rings. The van der Waals surface area contributed by atoms with Crippen molar-refractivity contribution >= 4 is 11.0 Å². The molecule has 0 fully saturated rings. The van der Waals surface area contributed by atoms with Gasteiger partial charge in [0.15, 0.2) is 5.82 Å². The number of aliphatic hydroxyl groups excluding tert-OH is 1. The molecule has 0 aliphatic rings. The molecule has 2 heterocycles. The summed E-state index contributed by atoms with van der Waals surface area (Å²) in [6, 6.07) is 28.4. The van der Waals surface area contributed by atoms with E-state index in [4.69, 9.17) is 4.74 Å². The number of rotatable bonds is 14. The van der Waals surface area contributed by atoms with Crippen LogP contribution in [0, 0.1) is 5.82 Å². The summed E-state index contributed by atoms with van der Waals surface area (Å²) in [4.78, 5) is 11.4. The highest BCUT2D eigenvalue weighted by molar-refractivity contribution is 5.82. The van der Waals surface area contributed by atoms with Gasteiger partial charge in [0.05, 0.1) is 24.2 Å². The van der Waals surface area contributed by atoms with Crippen LogP contribution in [0.25, 0.3) is 28.2 Å². The number of aromatic nitrogens is 3. The van der Waals surface area contributed by atoms with Gasteiger partial charge < -0.3 is 15.2 Å². The molecule has 0 saturated heterocycles. The first kappa shape index (κ1) is 27.5. The number of halogens is 1. The predicted octanol–water partition coefficient (Wildman–Crippen LogP) is 5.08. The van der Waals surface area contributed by atoms with Crippen LogP contribution >= 0.6 is 0 Å². The molecule has 2 N–H and O–H groups in total. The number of ether oxygens (including phenoxy) is 1. The molecular formula is C32H34FN5O2. The second-order valence-corrected chi connectivity index (χ2v) is 9.54. The summed E-state index contributed by atoms with van der Waals surface area (Å²) in [5, 5.41) is 12.9. The fraction of sp³-hybridized carbons (Fsp3) is 0.250. The quantitative estimate of drug-likeness (QED) is 0.192. The largest absolute Gasteiger partial charge is 0.494 e. The summed E-state index contributed by atoms with van der Waals surface area (Å²) in [6.07, 6.45) is 2.57. The maximum absolute atomic E-state index is 13.9. The molecule has 0 saturated carbocycles. The Morgan fingerprint density at radius 2 is 1.73 bits per heavy atom. The first-order chi connectivity index (χ1) is 19.7. The summed E-state index contributed by atoms with van der Waals surface area (Å²) in [5.41, 5.74) is 4.24. The molecule has 5 rings (SSSR count). The second-order valence-electron chi connectivity index (χ2n) is 9.54. The van der Waals surface area contributed by atoms with Crippen LogP contribution in [0.1, 0.15) is 12.0 Å². The van der Waals surface area contributed by atoms with E-state index in [9.17, 15) is 9.50 Å². The SMILES string of the molecule is OCCN(CCCOc1ccc(-n2c(-c3ccccn3)nc3cc(F)ccc32)cc1)CCNCc1ccccc1. The molecule has 3 aromatic carbocycles. The van der Waals surface area contributed by atoms with Crippen molar-refractivity contribution in [2.75, 3.05) is 39.4 Å². The lowest BCUT2D eigenvalue weighted by Crippen LogP contribution is -2.35. The number of imidazole rings is 1. The number of benzene rings is 3. The number of aliphatic hydroxyl groups is 1. The molecule has 40 heavy (non-hydrogen) atoms. The fourth-order valence-electron chi connectivity index (χ4n) is 4.69. The standard InChI is InChI=1S/C32H34FN5O2/c33-26-10-15-31-30(23-26)36-32(29-9-4-5-16-35-29)38(31)27-11-13-28(14-12-27)40-22-6-18-37(20-21-39)19-17-34-24-25-7-2-1-3-8-25/h1-5,7-16,23,34,39H,6,17-22,24H2. The predicted molar refractivity (Wildman–Crippen MR) is 156 cm³/mol. The number of hydrogen-bond acceptors (Lipinski definition) is 6. The molecule has 8 heteroatoms. The minimum Gasteiger partial charge on any atom is -0.494 e. The van der Waals surface area contributed by atoms with Gasteiger partial charge in [0.25, 0.3) is 0 Å². The van der Waals surface area contributed by atoms with E-state index >= 15 is 0 Å². The summed E-state index contributed by atoms with van der Waals surface area (Å²) in [5.74, 6) is 1.10. The zero-order valence-electron chi connectivity index (χ0n) is 22.4. The number of nitrogens with one attached hydrogen (secondary N) is 1. The Labute approximate surface area is 233 Å². The summed E-state index contributed by atoms with van der Waals surface area (Å²) < 4.78 is 21.9. The third-order valence-corrected chi connectivity index (χ3v) is 6.69. The van der Waals surface area contributed by atoms with Gasteiger partial charge in [-0.3, -0.25) is 14.5 Å². The molecule has 0 atom stereocenters. The number of hydrogen-bond donors (Lipinski definition) is 2. The van der Waals surface area contributed by atoms with Crippen LogP contribution in [0.5, 0.6) is 5.75 Å². The van der Waals surface area contributed by atoms with Crippen molar-refractivity contribution in [3.63, 3.8) is 0 Å². The van der Waals surface area contributed by atoms with Crippen LogP contribution in [-0.4, -0.2) is 63.9 Å². The summed E-state index contributed by atoms with van der Waals surface area (Å²) >= 11 is 0. The number of pyridine rings is 1. The lowest BCUT2D eigenvalue weighted by molar-refractivity contribution is 0.183. The van der Waals surface area contributed by atoms with E-state index in [1.54, 1.807) is 12.3 Å². The maximum atomic E-state index is 13.9. The van der Waals surface area contributed by atoms with Gasteiger partial charge in [-0.2, -0.15) is 0 Å². The Balaban J connectivity index is 1.16. The Bertz CT molecular complexity index is 1480. The van der Waals surface area contributed by atoms with E-state index in [1.807, 2.05) is 65.2 Å². The Hall–Kier alpha value is -4.11. The summed E-state index contributed by atoms with van der Waals surface area (Å²) in [7, 11) is 0. The average molecular weight is 540 g/mol. The fourth-order valence-corrected chi connectivity index (χ4v) is 4.69. The monoisotopic (exact) mass is 539 g/mol. The molecule has 7 nitrogen and oxygen atoms in total. The summed E-state index contributed by atoms with van der Waals surface area (Å²) in [6.45, 7) is 4.75. The zero-order chi connectivity index (χ0) is 27.6. The normalized spacial score (nSPS) is 11.4. The average Bonchev–Trinajstić information content (AvgIpc) is 3.37. The Morgan fingerprint density at radius 3 is 2.50 bits per heavy atom. The number of fused-ring (bicyclic) bond motifs is 1. The van der Waals surface area contributed by atoms with Crippen LogP contribution < -0.4 is 10.1 Å². The van der Waals surface area contributed by atoms with Crippen LogP contribution in [0.4, 0.5) is 4.39 Å². The van der Waals surface area contributed by atoms with Gasteiger partial charge in [-0.15, -0.1) is 0 Å². The molecule has 0 aliphatic heterocycles. The van der Waals surface area contributed by atoms with Crippen LogP contribution in [0.15, 0.2) is 97.2 Å². The molecule has 206 valence electrons. The van der Waals surface area contributed by atoms with Gasteiger partial charge >= 0.3 is 0 Å². The van der Waals surface area contributed by atoms with Crippen molar-refractivity contribution in [1.29, 1.82) is 0 Å². The molecule has 0 spiro atoms. The molecule has 0 unspecified atom stereocenters. The van der Waals surface area contributed by atoms with Gasteiger partial charge in [0.2, 0.25) is 0 Å². The lowest BCUT2D eigenvalue weighted by Gasteiger charge is -2.21. The van der Waals surface area contributed by atoms with E-state index in [0.29, 0.717) is 30.2 Å². The van der Waals surface area contributed by atoms with E-state index < -0.39 is 0 Å².